The summed E-state index contributed by atoms with van der Waals surface area (Å²) in [5, 5.41) is 22.7. The SMILES string of the molecule is CCNc1cc(CN(CCC#N)C(C)C)ccc1[N+](=O)[O-]. The van der Waals surface area contributed by atoms with Crippen molar-refractivity contribution >= 4 is 11.4 Å². The van der Waals surface area contributed by atoms with Gasteiger partial charge in [0.25, 0.3) is 5.69 Å². The fraction of sp³-hybridized carbons (Fsp3) is 0.533. The molecule has 6 nitrogen and oxygen atoms in total. The summed E-state index contributed by atoms with van der Waals surface area (Å²) in [6.07, 6.45) is 0.477. The molecule has 0 saturated heterocycles. The fourth-order valence-corrected chi connectivity index (χ4v) is 2.12. The lowest BCUT2D eigenvalue weighted by Gasteiger charge is -2.25. The minimum atomic E-state index is -0.377. The zero-order valence-corrected chi connectivity index (χ0v) is 12.8. The second-order valence-corrected chi connectivity index (χ2v) is 5.11. The molecule has 1 aromatic rings. The van der Waals surface area contributed by atoms with Crippen LogP contribution in [-0.4, -0.2) is 29.0 Å². The first kappa shape index (κ1) is 16.9. The van der Waals surface area contributed by atoms with E-state index in [1.807, 2.05) is 13.0 Å². The van der Waals surface area contributed by atoms with E-state index < -0.39 is 0 Å². The molecule has 0 unspecified atom stereocenters. The highest BCUT2D eigenvalue weighted by atomic mass is 16.6. The highest BCUT2D eigenvalue weighted by Gasteiger charge is 2.15. The number of hydrogen-bond donors (Lipinski definition) is 1. The molecule has 1 aromatic carbocycles. The molecule has 1 rings (SSSR count). The highest BCUT2D eigenvalue weighted by molar-refractivity contribution is 5.62. The van der Waals surface area contributed by atoms with E-state index in [-0.39, 0.29) is 10.6 Å². The number of nitrogens with zero attached hydrogens (tertiary/aromatic N) is 3. The van der Waals surface area contributed by atoms with Crippen molar-refractivity contribution in [3.8, 4) is 6.07 Å². The third kappa shape index (κ3) is 5.04. The molecule has 114 valence electrons. The van der Waals surface area contributed by atoms with Crippen LogP contribution in [-0.2, 0) is 6.54 Å². The van der Waals surface area contributed by atoms with E-state index in [4.69, 9.17) is 5.26 Å². The van der Waals surface area contributed by atoms with Gasteiger partial charge >= 0.3 is 0 Å². The van der Waals surface area contributed by atoms with Crippen LogP contribution in [0.15, 0.2) is 18.2 Å². The number of nitriles is 1. The summed E-state index contributed by atoms with van der Waals surface area (Å²) in [4.78, 5) is 12.8. The lowest BCUT2D eigenvalue weighted by Crippen LogP contribution is -2.31. The molecule has 0 aliphatic carbocycles. The summed E-state index contributed by atoms with van der Waals surface area (Å²) in [5.41, 5.74) is 1.64. The topological polar surface area (TPSA) is 82.2 Å². The van der Waals surface area contributed by atoms with Crippen LogP contribution in [0.1, 0.15) is 32.8 Å². The lowest BCUT2D eigenvalue weighted by molar-refractivity contribution is -0.384. The van der Waals surface area contributed by atoms with Crippen molar-refractivity contribution in [1.29, 1.82) is 5.26 Å². The molecule has 0 heterocycles. The van der Waals surface area contributed by atoms with Crippen molar-refractivity contribution in [2.24, 2.45) is 0 Å². The molecular weight excluding hydrogens is 268 g/mol. The van der Waals surface area contributed by atoms with Crippen molar-refractivity contribution in [3.05, 3.63) is 33.9 Å². The molecule has 0 atom stereocenters. The highest BCUT2D eigenvalue weighted by Crippen LogP contribution is 2.26. The maximum atomic E-state index is 11.0. The van der Waals surface area contributed by atoms with Crippen LogP contribution in [0.4, 0.5) is 11.4 Å². The molecule has 0 fully saturated rings. The van der Waals surface area contributed by atoms with Gasteiger partial charge in [-0.3, -0.25) is 15.0 Å². The van der Waals surface area contributed by atoms with E-state index in [1.54, 1.807) is 6.07 Å². The van der Waals surface area contributed by atoms with Crippen molar-refractivity contribution in [2.45, 2.75) is 39.8 Å². The van der Waals surface area contributed by atoms with Gasteiger partial charge in [-0.05, 0) is 32.4 Å². The second-order valence-electron chi connectivity index (χ2n) is 5.11. The fourth-order valence-electron chi connectivity index (χ4n) is 2.12. The van der Waals surface area contributed by atoms with Crippen LogP contribution in [0.2, 0.25) is 0 Å². The summed E-state index contributed by atoms with van der Waals surface area (Å²) in [6, 6.07) is 7.61. The molecule has 21 heavy (non-hydrogen) atoms. The molecule has 1 N–H and O–H groups in total. The summed E-state index contributed by atoms with van der Waals surface area (Å²) in [7, 11) is 0. The monoisotopic (exact) mass is 290 g/mol. The summed E-state index contributed by atoms with van der Waals surface area (Å²) in [6.45, 7) is 8.07. The van der Waals surface area contributed by atoms with Crippen LogP contribution >= 0.6 is 0 Å². The molecule has 6 heteroatoms. The number of hydrogen-bond acceptors (Lipinski definition) is 5. The predicted octanol–water partition coefficient (Wildman–Crippen LogP) is 3.15. The summed E-state index contributed by atoms with van der Waals surface area (Å²) < 4.78 is 0. The van der Waals surface area contributed by atoms with Crippen molar-refractivity contribution < 1.29 is 4.92 Å². The van der Waals surface area contributed by atoms with Gasteiger partial charge in [-0.15, -0.1) is 0 Å². The predicted molar refractivity (Wildman–Crippen MR) is 83.0 cm³/mol. The Hall–Kier alpha value is -2.13. The van der Waals surface area contributed by atoms with Gasteiger partial charge < -0.3 is 5.32 Å². The second kappa shape index (κ2) is 8.22. The number of nitrogens with one attached hydrogen (secondary N) is 1. The zero-order chi connectivity index (χ0) is 15.8. The van der Waals surface area contributed by atoms with Gasteiger partial charge in [-0.2, -0.15) is 5.26 Å². The normalized spacial score (nSPS) is 10.7. The molecule has 0 aliphatic rings. The van der Waals surface area contributed by atoms with Crippen LogP contribution in [0.25, 0.3) is 0 Å². The standard InChI is InChI=1S/C15H22N4O2/c1-4-17-14-10-13(6-7-15(14)19(20)21)11-18(12(2)3)9-5-8-16/h6-7,10,12,17H,4-5,9,11H2,1-3H3. The Morgan fingerprint density at radius 1 is 1.48 bits per heavy atom. The number of rotatable bonds is 8. The van der Waals surface area contributed by atoms with E-state index in [0.717, 1.165) is 5.56 Å². The maximum absolute atomic E-state index is 11.0. The summed E-state index contributed by atoms with van der Waals surface area (Å²) in [5.74, 6) is 0. The largest absolute Gasteiger partial charge is 0.380 e. The van der Waals surface area contributed by atoms with Crippen LogP contribution in [0.5, 0.6) is 0 Å². The van der Waals surface area contributed by atoms with E-state index >= 15 is 0 Å². The maximum Gasteiger partial charge on any atom is 0.292 e. The van der Waals surface area contributed by atoms with Crippen LogP contribution in [0, 0.1) is 21.4 Å². The third-order valence-electron chi connectivity index (χ3n) is 3.25. The van der Waals surface area contributed by atoms with Crippen LogP contribution in [0.3, 0.4) is 0 Å². The minimum Gasteiger partial charge on any atom is -0.380 e. The van der Waals surface area contributed by atoms with E-state index in [1.165, 1.54) is 6.07 Å². The molecular formula is C15H22N4O2. The van der Waals surface area contributed by atoms with Gasteiger partial charge in [0.15, 0.2) is 0 Å². The Balaban J connectivity index is 2.94. The number of anilines is 1. The molecule has 0 saturated carbocycles. The Kier molecular flexibility index (Phi) is 6.63. The van der Waals surface area contributed by atoms with E-state index in [9.17, 15) is 10.1 Å². The van der Waals surface area contributed by atoms with Gasteiger partial charge in [0.1, 0.15) is 5.69 Å². The Bertz CT molecular complexity index is 523. The minimum absolute atomic E-state index is 0.0914. The first-order valence-electron chi connectivity index (χ1n) is 7.11. The molecule has 0 radical (unpaired) electrons. The van der Waals surface area contributed by atoms with Gasteiger partial charge in [0.2, 0.25) is 0 Å². The number of nitro groups is 1. The third-order valence-corrected chi connectivity index (χ3v) is 3.25. The molecule has 0 aromatic heterocycles. The number of nitro benzene ring substituents is 1. The van der Waals surface area contributed by atoms with Crippen molar-refractivity contribution in [2.75, 3.05) is 18.4 Å². The van der Waals surface area contributed by atoms with E-state index in [2.05, 4.69) is 30.1 Å². The molecule has 0 amide bonds. The smallest absolute Gasteiger partial charge is 0.292 e. The molecule has 0 bridgehead atoms. The van der Waals surface area contributed by atoms with Gasteiger partial charge in [0.05, 0.1) is 11.0 Å². The average Bonchev–Trinajstić information content (AvgIpc) is 2.43. The van der Waals surface area contributed by atoms with E-state index in [0.29, 0.717) is 37.8 Å². The Labute approximate surface area is 125 Å². The summed E-state index contributed by atoms with van der Waals surface area (Å²) >= 11 is 0. The lowest BCUT2D eigenvalue weighted by atomic mass is 10.1. The first-order valence-corrected chi connectivity index (χ1v) is 7.11. The molecule has 0 aliphatic heterocycles. The first-order chi connectivity index (χ1) is 9.99. The van der Waals surface area contributed by atoms with Crippen LogP contribution < -0.4 is 5.32 Å². The average molecular weight is 290 g/mol. The van der Waals surface area contributed by atoms with Gasteiger partial charge in [-0.25, -0.2) is 0 Å². The molecule has 0 spiro atoms. The number of benzene rings is 1. The Morgan fingerprint density at radius 2 is 2.19 bits per heavy atom. The van der Waals surface area contributed by atoms with Gasteiger partial charge in [-0.1, -0.05) is 6.07 Å². The van der Waals surface area contributed by atoms with Gasteiger partial charge in [0, 0.05) is 38.2 Å². The zero-order valence-electron chi connectivity index (χ0n) is 12.8. The van der Waals surface area contributed by atoms with Crippen molar-refractivity contribution in [1.82, 2.24) is 4.90 Å². The van der Waals surface area contributed by atoms with Crippen molar-refractivity contribution in [3.63, 3.8) is 0 Å². The quantitative estimate of drug-likeness (QED) is 0.587. The Morgan fingerprint density at radius 3 is 2.71 bits per heavy atom.